The number of ether oxygens (including phenoxy) is 2. The molecule has 1 aliphatic heterocycles. The van der Waals surface area contributed by atoms with Crippen molar-refractivity contribution in [1.82, 2.24) is 4.98 Å². The number of benzene rings is 3. The Morgan fingerprint density at radius 2 is 1.85 bits per heavy atom. The molecule has 10 heteroatoms. The molecular formula is C31H23ClN2O6S. The Morgan fingerprint density at radius 3 is 2.56 bits per heavy atom. The summed E-state index contributed by atoms with van der Waals surface area (Å²) in [6.07, 6.45) is 0. The van der Waals surface area contributed by atoms with Crippen LogP contribution in [0.3, 0.4) is 0 Å². The second-order valence-electron chi connectivity index (χ2n) is 9.54. The number of nitrogens with zero attached hydrogens (tertiary/aromatic N) is 2. The van der Waals surface area contributed by atoms with Crippen LogP contribution in [-0.2, 0) is 6.61 Å². The van der Waals surface area contributed by atoms with Gasteiger partial charge in [-0.2, -0.15) is 0 Å². The van der Waals surface area contributed by atoms with E-state index in [4.69, 9.17) is 25.5 Å². The molecule has 1 amide bonds. The highest BCUT2D eigenvalue weighted by Gasteiger charge is 2.45. The van der Waals surface area contributed by atoms with Crippen LogP contribution in [0.25, 0.3) is 11.0 Å². The summed E-state index contributed by atoms with van der Waals surface area (Å²) in [5.41, 5.74) is 2.08. The molecule has 0 radical (unpaired) electrons. The van der Waals surface area contributed by atoms with Crippen LogP contribution in [0.15, 0.2) is 75.9 Å². The topological polar surface area (TPSA) is 98.9 Å². The molecule has 0 spiro atoms. The Balaban J connectivity index is 1.51. The maximum Gasteiger partial charge on any atom is 0.297 e. The van der Waals surface area contributed by atoms with Crippen molar-refractivity contribution in [3.63, 3.8) is 0 Å². The lowest BCUT2D eigenvalue weighted by atomic mass is 9.98. The molecular weight excluding hydrogens is 564 g/mol. The third-order valence-corrected chi connectivity index (χ3v) is 8.38. The van der Waals surface area contributed by atoms with Crippen LogP contribution in [0.5, 0.6) is 11.5 Å². The molecule has 0 saturated heterocycles. The van der Waals surface area contributed by atoms with Crippen LogP contribution < -0.4 is 19.8 Å². The minimum absolute atomic E-state index is 0.0876. The van der Waals surface area contributed by atoms with E-state index >= 15 is 0 Å². The lowest BCUT2D eigenvalue weighted by molar-refractivity contribution is 0.0969. The van der Waals surface area contributed by atoms with Crippen molar-refractivity contribution in [2.45, 2.75) is 26.5 Å². The quantitative estimate of drug-likeness (QED) is 0.194. The van der Waals surface area contributed by atoms with Gasteiger partial charge >= 0.3 is 0 Å². The van der Waals surface area contributed by atoms with E-state index in [2.05, 4.69) is 4.98 Å². The molecule has 0 bridgehead atoms. The molecule has 8 nitrogen and oxygen atoms in total. The average molecular weight is 587 g/mol. The van der Waals surface area contributed by atoms with Gasteiger partial charge in [0.1, 0.15) is 12.2 Å². The number of carbonyl (C=O) groups is 2. The van der Waals surface area contributed by atoms with Crippen LogP contribution in [0.1, 0.15) is 55.6 Å². The molecule has 2 aromatic heterocycles. The van der Waals surface area contributed by atoms with Gasteiger partial charge in [-0.3, -0.25) is 19.3 Å². The summed E-state index contributed by atoms with van der Waals surface area (Å²) in [4.78, 5) is 46.4. The Kier molecular flexibility index (Phi) is 6.84. The van der Waals surface area contributed by atoms with Crippen LogP contribution in [0, 0.1) is 6.92 Å². The van der Waals surface area contributed by atoms with Gasteiger partial charge in [0.15, 0.2) is 27.8 Å². The van der Waals surface area contributed by atoms with Crippen LogP contribution in [-0.4, -0.2) is 23.8 Å². The minimum Gasteiger partial charge on any atom is -0.493 e. The molecule has 6 rings (SSSR count). The highest BCUT2D eigenvalue weighted by atomic mass is 35.5. The van der Waals surface area contributed by atoms with Crippen LogP contribution >= 0.6 is 22.9 Å². The first-order valence-corrected chi connectivity index (χ1v) is 13.9. The van der Waals surface area contributed by atoms with Gasteiger partial charge in [0, 0.05) is 11.9 Å². The highest BCUT2D eigenvalue weighted by Crippen LogP contribution is 2.45. The summed E-state index contributed by atoms with van der Waals surface area (Å²) < 4.78 is 17.7. The van der Waals surface area contributed by atoms with Gasteiger partial charge < -0.3 is 13.9 Å². The Hall–Kier alpha value is -4.47. The van der Waals surface area contributed by atoms with Crippen molar-refractivity contribution in [3.05, 3.63) is 115 Å². The number of thiazole rings is 1. The van der Waals surface area contributed by atoms with Crippen molar-refractivity contribution in [1.29, 1.82) is 0 Å². The van der Waals surface area contributed by atoms with Crippen molar-refractivity contribution >= 4 is 50.7 Å². The molecule has 0 saturated carbocycles. The fourth-order valence-electron chi connectivity index (χ4n) is 4.98. The molecule has 206 valence electrons. The van der Waals surface area contributed by atoms with E-state index in [-0.39, 0.29) is 38.6 Å². The Bertz CT molecular complexity index is 1900. The molecule has 1 unspecified atom stereocenters. The van der Waals surface area contributed by atoms with Gasteiger partial charge in [-0.05, 0) is 48.4 Å². The van der Waals surface area contributed by atoms with Crippen LogP contribution in [0.4, 0.5) is 5.13 Å². The molecule has 0 fully saturated rings. The number of hydrogen-bond acceptors (Lipinski definition) is 8. The fraction of sp³-hybridized carbons (Fsp3) is 0.161. The number of halogens is 1. The summed E-state index contributed by atoms with van der Waals surface area (Å²) in [5.74, 6) is 0.134. The Labute approximate surface area is 243 Å². The number of amides is 1. The first-order chi connectivity index (χ1) is 19.8. The average Bonchev–Trinajstić information content (AvgIpc) is 3.50. The Morgan fingerprint density at radius 1 is 1.07 bits per heavy atom. The maximum absolute atomic E-state index is 13.9. The van der Waals surface area contributed by atoms with Gasteiger partial charge in [-0.1, -0.05) is 59.3 Å². The summed E-state index contributed by atoms with van der Waals surface area (Å²) >= 11 is 7.29. The van der Waals surface area contributed by atoms with Gasteiger partial charge in [0.05, 0.1) is 34.7 Å². The van der Waals surface area contributed by atoms with E-state index in [0.29, 0.717) is 39.3 Å². The molecule has 0 aliphatic carbocycles. The first kappa shape index (κ1) is 26.7. The third kappa shape index (κ3) is 4.67. The molecule has 3 heterocycles. The predicted molar refractivity (Wildman–Crippen MR) is 157 cm³/mol. The highest BCUT2D eigenvalue weighted by molar-refractivity contribution is 7.17. The monoisotopic (exact) mass is 586 g/mol. The third-order valence-electron chi connectivity index (χ3n) is 6.88. The van der Waals surface area contributed by atoms with Crippen molar-refractivity contribution < 1.29 is 23.5 Å². The lowest BCUT2D eigenvalue weighted by Crippen LogP contribution is -2.29. The van der Waals surface area contributed by atoms with E-state index in [0.717, 1.165) is 16.9 Å². The van der Waals surface area contributed by atoms with Crippen molar-refractivity contribution in [3.8, 4) is 11.5 Å². The number of aromatic nitrogens is 1. The van der Waals surface area contributed by atoms with E-state index in [1.54, 1.807) is 37.3 Å². The number of fused-ring (bicyclic) bond motifs is 2. The number of ketones is 1. The summed E-state index contributed by atoms with van der Waals surface area (Å²) in [7, 11) is 1.52. The number of rotatable bonds is 7. The summed E-state index contributed by atoms with van der Waals surface area (Å²) in [6.45, 7) is 3.49. The normalized spacial score (nSPS) is 14.4. The first-order valence-electron chi connectivity index (χ1n) is 12.7. The van der Waals surface area contributed by atoms with Gasteiger partial charge in [-0.25, -0.2) is 4.98 Å². The van der Waals surface area contributed by atoms with Crippen LogP contribution in [0.2, 0.25) is 5.02 Å². The van der Waals surface area contributed by atoms with Crippen molar-refractivity contribution in [2.75, 3.05) is 12.0 Å². The number of Topliss-reactive ketones (excluding diaryl/α,β-unsaturated/α-hetero) is 1. The van der Waals surface area contributed by atoms with E-state index in [1.807, 2.05) is 30.3 Å². The zero-order valence-corrected chi connectivity index (χ0v) is 23.8. The number of carbonyl (C=O) groups excluding carboxylic acids is 2. The molecule has 1 aliphatic rings. The zero-order chi connectivity index (χ0) is 28.8. The molecule has 0 N–H and O–H groups in total. The van der Waals surface area contributed by atoms with E-state index < -0.39 is 11.9 Å². The number of anilines is 1. The van der Waals surface area contributed by atoms with Gasteiger partial charge in [0.2, 0.25) is 5.76 Å². The van der Waals surface area contributed by atoms with E-state index in [1.165, 1.54) is 25.0 Å². The second-order valence-corrected chi connectivity index (χ2v) is 11.0. The largest absolute Gasteiger partial charge is 0.493 e. The SMILES string of the molecule is COc1cc(C2c3c(oc4ccc(Cl)cc4c3=O)C(=O)N2c2nc(C)c(C(C)=O)s2)ccc1OCc1ccccc1. The standard InChI is InChI=1S/C31H23ClN2O6S/c1-16-29(17(2)35)41-31(33-16)34-26(25-27(36)21-14-20(32)10-12-22(21)40-28(25)30(34)37)19-9-11-23(24(13-19)38-3)39-15-18-7-5-4-6-8-18/h4-14,26H,15H2,1-3H3. The second kappa shape index (κ2) is 10.5. The number of methoxy groups -OCH3 is 1. The smallest absolute Gasteiger partial charge is 0.297 e. The summed E-state index contributed by atoms with van der Waals surface area (Å²) in [6, 6.07) is 18.7. The van der Waals surface area contributed by atoms with Gasteiger partial charge in [0.25, 0.3) is 5.91 Å². The minimum atomic E-state index is -0.903. The number of hydrogen-bond donors (Lipinski definition) is 0. The van der Waals surface area contributed by atoms with Gasteiger partial charge in [-0.15, -0.1) is 0 Å². The molecule has 3 aromatic carbocycles. The predicted octanol–water partition coefficient (Wildman–Crippen LogP) is 6.75. The number of aryl methyl sites for hydroxylation is 1. The molecule has 5 aromatic rings. The lowest BCUT2D eigenvalue weighted by Gasteiger charge is -2.23. The fourth-order valence-corrected chi connectivity index (χ4v) is 6.14. The summed E-state index contributed by atoms with van der Waals surface area (Å²) in [5, 5.41) is 0.898. The van der Waals surface area contributed by atoms with E-state index in [9.17, 15) is 14.4 Å². The van der Waals surface area contributed by atoms with Crippen molar-refractivity contribution in [2.24, 2.45) is 0 Å². The molecule has 41 heavy (non-hydrogen) atoms. The maximum atomic E-state index is 13.9. The zero-order valence-electron chi connectivity index (χ0n) is 22.3. The molecule has 1 atom stereocenters.